The minimum atomic E-state index is -2.27. The molecule has 0 spiro atoms. The number of hydrogen-bond acceptors (Lipinski definition) is 11. The molecule has 0 saturated heterocycles. The molecule has 0 aliphatic carbocycles. The smallest absolute Gasteiger partial charge is 0.407 e. The summed E-state index contributed by atoms with van der Waals surface area (Å²) in [5.74, 6) is 2.84. The second kappa shape index (κ2) is 27.0. The van der Waals surface area contributed by atoms with Gasteiger partial charge in [-0.2, -0.15) is 0 Å². The van der Waals surface area contributed by atoms with Crippen LogP contribution >= 0.6 is 0 Å². The molecule has 0 aromatic heterocycles. The predicted octanol–water partition coefficient (Wildman–Crippen LogP) is 5.68. The molecule has 0 aliphatic rings. The van der Waals surface area contributed by atoms with Gasteiger partial charge in [-0.15, -0.1) is 0 Å². The number of rotatable bonds is 26. The van der Waals surface area contributed by atoms with Crippen LogP contribution in [0.15, 0.2) is 18.2 Å². The number of ether oxygens (including phenoxy) is 5. The van der Waals surface area contributed by atoms with Gasteiger partial charge >= 0.3 is 12.1 Å². The fraction of sp³-hybridized carbons (Fsp3) is 0.705. The monoisotopic (exact) mass is 879 g/mol. The Balaban J connectivity index is 2.64. The summed E-state index contributed by atoms with van der Waals surface area (Å²) in [7, 11) is -2.27. The molecule has 0 aliphatic heterocycles. The highest BCUT2D eigenvalue weighted by Crippen LogP contribution is 2.40. The molecule has 16 nitrogen and oxygen atoms in total. The lowest BCUT2D eigenvalue weighted by Crippen LogP contribution is -2.44. The molecule has 17 heteroatoms. The summed E-state index contributed by atoms with van der Waals surface area (Å²) in [6.07, 6.45) is 0.799. The first-order valence-electron chi connectivity index (χ1n) is 21.0. The SMILES string of the molecule is CC(C[C@H](Cc1ccc(O[Si](C)(C)C(C)(C)C)c(NC(=O)CCOCCOCCNC(=O)C#CC(=O)NCCOCCOCCC(=O)O)c1)NC(=O)OC(C)(C)C)C(C)(C)C. The number of carboxylic acid groups (broad SMARTS) is 1. The standard InChI is InChI=1S/C44H74N4O12Si/c1-32(42(2,3)4)29-34(47-41(54)59-43(5,6)7)30-33-13-14-36(60-61(11,12)44(8,9)10)35(31-33)48-39(51)17-21-55-25-27-57-23-19-45-37(49)15-16-38(50)46-20-24-58-28-26-56-22-18-40(52)53/h13-14,31-32,34H,17-30H2,1-12H3,(H,45,49)(H,46,50)(H,47,54)(H,48,51)(H,52,53)/t32?,34-/m1/s1. The molecular weight excluding hydrogens is 805 g/mol. The number of amides is 4. The zero-order chi connectivity index (χ0) is 46.3. The molecule has 0 radical (unpaired) electrons. The van der Waals surface area contributed by atoms with E-state index in [-0.39, 0.29) is 101 Å². The second-order valence-corrected chi connectivity index (χ2v) is 23.1. The zero-order valence-corrected chi connectivity index (χ0v) is 39.7. The highest BCUT2D eigenvalue weighted by Gasteiger charge is 2.39. The van der Waals surface area contributed by atoms with Crippen LogP contribution in [0.2, 0.25) is 18.1 Å². The van der Waals surface area contributed by atoms with Gasteiger partial charge in [0.2, 0.25) is 5.91 Å². The summed E-state index contributed by atoms with van der Waals surface area (Å²) < 4.78 is 33.7. The summed E-state index contributed by atoms with van der Waals surface area (Å²) in [5, 5.41) is 19.6. The van der Waals surface area contributed by atoms with E-state index in [4.69, 9.17) is 33.2 Å². The number of carbonyl (C=O) groups is 5. The van der Waals surface area contributed by atoms with Crippen molar-refractivity contribution in [2.45, 2.75) is 125 Å². The lowest BCUT2D eigenvalue weighted by molar-refractivity contribution is -0.138. The van der Waals surface area contributed by atoms with E-state index in [9.17, 15) is 24.0 Å². The summed E-state index contributed by atoms with van der Waals surface area (Å²) in [4.78, 5) is 60.2. The highest BCUT2D eigenvalue weighted by molar-refractivity contribution is 6.74. The zero-order valence-electron chi connectivity index (χ0n) is 38.7. The molecule has 0 heterocycles. The Labute approximate surface area is 364 Å². The summed E-state index contributed by atoms with van der Waals surface area (Å²) in [5.41, 5.74) is 0.883. The Morgan fingerprint density at radius 2 is 1.25 bits per heavy atom. The van der Waals surface area contributed by atoms with Crippen LogP contribution in [0.5, 0.6) is 5.75 Å². The van der Waals surface area contributed by atoms with E-state index < -0.39 is 37.8 Å². The topological polar surface area (TPSA) is 209 Å². The molecule has 1 rings (SSSR count). The van der Waals surface area contributed by atoms with Crippen molar-refractivity contribution >= 4 is 43.8 Å². The Morgan fingerprint density at radius 3 is 1.72 bits per heavy atom. The van der Waals surface area contributed by atoms with E-state index in [2.05, 4.69) is 94.7 Å². The van der Waals surface area contributed by atoms with Crippen LogP contribution in [0, 0.1) is 23.2 Å². The third-order valence-electron chi connectivity index (χ3n) is 9.84. The van der Waals surface area contributed by atoms with Crippen molar-refractivity contribution in [3.8, 4) is 17.6 Å². The van der Waals surface area contributed by atoms with Crippen molar-refractivity contribution in [2.75, 3.05) is 71.3 Å². The van der Waals surface area contributed by atoms with E-state index in [1.165, 1.54) is 0 Å². The van der Waals surface area contributed by atoms with Crippen LogP contribution < -0.4 is 25.7 Å². The molecule has 0 fully saturated rings. The van der Waals surface area contributed by atoms with Gasteiger partial charge in [0.15, 0.2) is 0 Å². The van der Waals surface area contributed by atoms with E-state index in [0.29, 0.717) is 23.8 Å². The highest BCUT2D eigenvalue weighted by atomic mass is 28.4. The lowest BCUT2D eigenvalue weighted by Gasteiger charge is -2.37. The summed E-state index contributed by atoms with van der Waals surface area (Å²) in [6.45, 7) is 27.0. The molecule has 61 heavy (non-hydrogen) atoms. The van der Waals surface area contributed by atoms with Crippen LogP contribution in [-0.2, 0) is 49.3 Å². The molecule has 0 bridgehead atoms. The quantitative estimate of drug-likeness (QED) is 0.0433. The largest absolute Gasteiger partial charge is 0.542 e. The van der Waals surface area contributed by atoms with E-state index in [0.717, 1.165) is 12.0 Å². The average Bonchev–Trinajstić information content (AvgIpc) is 3.11. The molecular formula is C44H74N4O12Si. The van der Waals surface area contributed by atoms with E-state index in [1.807, 2.05) is 39.0 Å². The van der Waals surface area contributed by atoms with Gasteiger partial charge in [-0.3, -0.25) is 19.2 Å². The van der Waals surface area contributed by atoms with Gasteiger partial charge in [-0.25, -0.2) is 4.79 Å². The van der Waals surface area contributed by atoms with E-state index in [1.54, 1.807) is 0 Å². The molecule has 2 atom stereocenters. The number of alkyl carbamates (subject to hydrolysis) is 1. The maximum Gasteiger partial charge on any atom is 0.407 e. The first-order valence-corrected chi connectivity index (χ1v) is 23.9. The van der Waals surface area contributed by atoms with Gasteiger partial charge in [0.05, 0.1) is 71.4 Å². The molecule has 0 saturated carbocycles. The Bertz CT molecular complexity index is 1610. The van der Waals surface area contributed by atoms with Gasteiger partial charge in [-0.05, 0) is 80.8 Å². The molecule has 1 aromatic carbocycles. The number of anilines is 1. The van der Waals surface area contributed by atoms with Crippen molar-refractivity contribution in [1.29, 1.82) is 0 Å². The number of nitrogens with one attached hydrogen (secondary N) is 4. The van der Waals surface area contributed by atoms with Gasteiger partial charge in [-0.1, -0.05) is 54.5 Å². The molecule has 5 N–H and O–H groups in total. The van der Waals surface area contributed by atoms with Crippen molar-refractivity contribution in [2.24, 2.45) is 11.3 Å². The normalized spacial score (nSPS) is 12.9. The first-order chi connectivity index (χ1) is 28.3. The molecule has 346 valence electrons. The number of carboxylic acids is 1. The second-order valence-electron chi connectivity index (χ2n) is 18.4. The Morgan fingerprint density at radius 1 is 0.738 bits per heavy atom. The fourth-order valence-corrected chi connectivity index (χ4v) is 5.94. The van der Waals surface area contributed by atoms with E-state index >= 15 is 0 Å². The van der Waals surface area contributed by atoms with Gasteiger partial charge in [0, 0.05) is 31.0 Å². The summed E-state index contributed by atoms with van der Waals surface area (Å²) in [6, 6.07) is 5.60. The van der Waals surface area contributed by atoms with Crippen LogP contribution in [0.4, 0.5) is 10.5 Å². The average molecular weight is 879 g/mol. The molecule has 1 aromatic rings. The lowest BCUT2D eigenvalue weighted by atomic mass is 9.78. The maximum absolute atomic E-state index is 13.2. The van der Waals surface area contributed by atoms with Gasteiger partial charge < -0.3 is 54.5 Å². The number of hydrogen-bond donors (Lipinski definition) is 5. The Kier molecular flexibility index (Phi) is 24.2. The van der Waals surface area contributed by atoms with Crippen LogP contribution in [0.25, 0.3) is 0 Å². The van der Waals surface area contributed by atoms with Crippen molar-refractivity contribution in [1.82, 2.24) is 16.0 Å². The van der Waals surface area contributed by atoms with Crippen LogP contribution in [0.1, 0.15) is 94.1 Å². The van der Waals surface area contributed by atoms with Crippen molar-refractivity contribution < 1.29 is 57.2 Å². The first kappa shape index (κ1) is 54.8. The molecule has 4 amide bonds. The van der Waals surface area contributed by atoms with Gasteiger partial charge in [0.1, 0.15) is 11.4 Å². The number of carbonyl (C=O) groups excluding carboxylic acids is 4. The minimum absolute atomic E-state index is 0.0306. The third kappa shape index (κ3) is 26.0. The predicted molar refractivity (Wildman–Crippen MR) is 237 cm³/mol. The van der Waals surface area contributed by atoms with Crippen molar-refractivity contribution in [3.05, 3.63) is 23.8 Å². The van der Waals surface area contributed by atoms with Crippen LogP contribution in [0.3, 0.4) is 0 Å². The van der Waals surface area contributed by atoms with Crippen LogP contribution in [-0.4, -0.2) is 121 Å². The minimum Gasteiger partial charge on any atom is -0.542 e. The summed E-state index contributed by atoms with van der Waals surface area (Å²) >= 11 is 0. The fourth-order valence-electron chi connectivity index (χ4n) is 4.91. The maximum atomic E-state index is 13.2. The van der Waals surface area contributed by atoms with Crippen molar-refractivity contribution in [3.63, 3.8) is 0 Å². The molecule has 1 unspecified atom stereocenters. The number of benzene rings is 1. The third-order valence-corrected chi connectivity index (χ3v) is 14.2. The Hall–Kier alpha value is -4.21. The van der Waals surface area contributed by atoms with Gasteiger partial charge in [0.25, 0.3) is 20.1 Å². The number of aliphatic carboxylic acids is 1.